The average Bonchev–Trinajstić information content (AvgIpc) is 2.74. The van der Waals surface area contributed by atoms with Gasteiger partial charge in [0.25, 0.3) is 0 Å². The van der Waals surface area contributed by atoms with E-state index in [0.717, 1.165) is 24.3 Å². The second-order valence-electron chi connectivity index (χ2n) is 4.48. The van der Waals surface area contributed by atoms with Gasteiger partial charge < -0.3 is 4.57 Å². The fraction of sp³-hybridized carbons (Fsp3) is 0.500. The number of alkyl halides is 1. The van der Waals surface area contributed by atoms with Crippen molar-refractivity contribution >= 4 is 22.6 Å². The first-order valence-corrected chi connectivity index (χ1v) is 7.01. The summed E-state index contributed by atoms with van der Waals surface area (Å²) in [6.45, 7) is 3.05. The Hall–Kier alpha value is -1.09. The molecule has 0 unspecified atom stereocenters. The fourth-order valence-electron chi connectivity index (χ4n) is 2.21. The lowest BCUT2D eigenvalue weighted by molar-refractivity contribution is 0.581. The molecular formula is C14H18ClFN2. The van der Waals surface area contributed by atoms with E-state index in [1.165, 1.54) is 25.3 Å². The quantitative estimate of drug-likeness (QED) is 0.557. The average molecular weight is 269 g/mol. The molecule has 2 nitrogen and oxygen atoms in total. The Morgan fingerprint density at radius 2 is 2.11 bits per heavy atom. The summed E-state index contributed by atoms with van der Waals surface area (Å²) in [4.78, 5) is 4.29. The number of fused-ring (bicyclic) bond motifs is 1. The topological polar surface area (TPSA) is 17.8 Å². The van der Waals surface area contributed by atoms with Crippen molar-refractivity contribution in [1.82, 2.24) is 9.55 Å². The zero-order valence-electron chi connectivity index (χ0n) is 10.6. The van der Waals surface area contributed by atoms with E-state index < -0.39 is 0 Å². The molecule has 1 aromatic carbocycles. The SMILES string of the molecule is CCCCCCn1c(CCl)nc2c(F)cccc21. The third-order valence-electron chi connectivity index (χ3n) is 3.16. The molecule has 0 spiro atoms. The molecule has 0 aliphatic rings. The summed E-state index contributed by atoms with van der Waals surface area (Å²) in [6.07, 6.45) is 4.71. The molecule has 0 radical (unpaired) electrons. The van der Waals surface area contributed by atoms with Gasteiger partial charge in [-0.05, 0) is 18.6 Å². The van der Waals surface area contributed by atoms with E-state index in [1.807, 2.05) is 10.6 Å². The number of hydrogen-bond acceptors (Lipinski definition) is 1. The van der Waals surface area contributed by atoms with Gasteiger partial charge in [-0.25, -0.2) is 9.37 Å². The zero-order valence-corrected chi connectivity index (χ0v) is 11.4. The molecule has 0 saturated carbocycles. The van der Waals surface area contributed by atoms with Crippen molar-refractivity contribution in [3.63, 3.8) is 0 Å². The first-order chi connectivity index (χ1) is 8.77. The maximum absolute atomic E-state index is 13.6. The summed E-state index contributed by atoms with van der Waals surface area (Å²) in [5.74, 6) is 0.807. The summed E-state index contributed by atoms with van der Waals surface area (Å²) < 4.78 is 15.7. The van der Waals surface area contributed by atoms with Gasteiger partial charge in [0.15, 0.2) is 5.82 Å². The summed E-state index contributed by atoms with van der Waals surface area (Å²) in [5, 5.41) is 0. The normalized spacial score (nSPS) is 11.3. The monoisotopic (exact) mass is 268 g/mol. The first kappa shape index (κ1) is 13.3. The van der Waals surface area contributed by atoms with Crippen molar-refractivity contribution in [2.45, 2.75) is 45.0 Å². The molecular weight excluding hydrogens is 251 g/mol. The van der Waals surface area contributed by atoms with Crippen LogP contribution in [0.25, 0.3) is 11.0 Å². The lowest BCUT2D eigenvalue weighted by Crippen LogP contribution is -2.02. The molecule has 98 valence electrons. The van der Waals surface area contributed by atoms with Crippen LogP contribution >= 0.6 is 11.6 Å². The molecule has 0 aliphatic heterocycles. The van der Waals surface area contributed by atoms with Gasteiger partial charge in [0, 0.05) is 6.54 Å². The molecule has 0 N–H and O–H groups in total. The maximum atomic E-state index is 13.6. The van der Waals surface area contributed by atoms with Crippen molar-refractivity contribution in [2.24, 2.45) is 0 Å². The van der Waals surface area contributed by atoms with E-state index in [2.05, 4.69) is 11.9 Å². The molecule has 0 atom stereocenters. The number of halogens is 2. The highest BCUT2D eigenvalue weighted by molar-refractivity contribution is 6.16. The number of imidazole rings is 1. The van der Waals surface area contributed by atoms with Crippen LogP contribution < -0.4 is 0 Å². The van der Waals surface area contributed by atoms with Gasteiger partial charge in [-0.2, -0.15) is 0 Å². The summed E-state index contributed by atoms with van der Waals surface area (Å²) in [5.41, 5.74) is 1.28. The van der Waals surface area contributed by atoms with Crippen LogP contribution in [0.15, 0.2) is 18.2 Å². The third-order valence-corrected chi connectivity index (χ3v) is 3.40. The highest BCUT2D eigenvalue weighted by atomic mass is 35.5. The smallest absolute Gasteiger partial charge is 0.151 e. The molecule has 1 aromatic heterocycles. The molecule has 0 saturated heterocycles. The van der Waals surface area contributed by atoms with Crippen molar-refractivity contribution in [3.8, 4) is 0 Å². The number of benzene rings is 1. The number of rotatable bonds is 6. The summed E-state index contributed by atoms with van der Waals surface area (Å²) in [7, 11) is 0. The van der Waals surface area contributed by atoms with Crippen molar-refractivity contribution in [2.75, 3.05) is 0 Å². The Morgan fingerprint density at radius 3 is 2.83 bits per heavy atom. The van der Waals surface area contributed by atoms with Crippen LogP contribution in [0.4, 0.5) is 4.39 Å². The Kier molecular flexibility index (Phi) is 4.59. The predicted octanol–water partition coefficient (Wildman–Crippen LogP) is 4.49. The maximum Gasteiger partial charge on any atom is 0.151 e. The first-order valence-electron chi connectivity index (χ1n) is 6.47. The minimum atomic E-state index is -0.272. The summed E-state index contributed by atoms with van der Waals surface area (Å²) >= 11 is 5.89. The number of aromatic nitrogens is 2. The predicted molar refractivity (Wildman–Crippen MR) is 73.4 cm³/mol. The van der Waals surface area contributed by atoms with Crippen LogP contribution in [-0.2, 0) is 12.4 Å². The van der Waals surface area contributed by atoms with Crippen molar-refractivity contribution in [3.05, 3.63) is 29.8 Å². The lowest BCUT2D eigenvalue weighted by Gasteiger charge is -2.07. The number of para-hydroxylation sites is 1. The van der Waals surface area contributed by atoms with Gasteiger partial charge in [0.05, 0.1) is 11.4 Å². The standard InChI is InChI=1S/C14H18ClFN2/c1-2-3-4-5-9-18-12-8-6-7-11(16)14(12)17-13(18)10-15/h6-8H,2-5,9-10H2,1H3. The highest BCUT2D eigenvalue weighted by Gasteiger charge is 2.12. The van der Waals surface area contributed by atoms with Crippen LogP contribution in [0.5, 0.6) is 0 Å². The zero-order chi connectivity index (χ0) is 13.0. The molecule has 2 aromatic rings. The Balaban J connectivity index is 2.26. The fourth-order valence-corrected chi connectivity index (χ4v) is 2.41. The van der Waals surface area contributed by atoms with Crippen LogP contribution in [-0.4, -0.2) is 9.55 Å². The summed E-state index contributed by atoms with van der Waals surface area (Å²) in [6, 6.07) is 5.07. The van der Waals surface area contributed by atoms with E-state index in [1.54, 1.807) is 6.07 Å². The highest BCUT2D eigenvalue weighted by Crippen LogP contribution is 2.21. The molecule has 0 fully saturated rings. The molecule has 4 heteroatoms. The largest absolute Gasteiger partial charge is 0.327 e. The van der Waals surface area contributed by atoms with E-state index in [4.69, 9.17) is 11.6 Å². The number of nitrogens with zero attached hydrogens (tertiary/aromatic N) is 2. The van der Waals surface area contributed by atoms with Gasteiger partial charge in [-0.1, -0.05) is 32.3 Å². The molecule has 1 heterocycles. The van der Waals surface area contributed by atoms with Crippen LogP contribution in [0, 0.1) is 5.82 Å². The number of aryl methyl sites for hydroxylation is 1. The van der Waals surface area contributed by atoms with Crippen LogP contribution in [0.3, 0.4) is 0 Å². The molecule has 2 rings (SSSR count). The molecule has 0 amide bonds. The number of unbranched alkanes of at least 4 members (excludes halogenated alkanes) is 3. The molecule has 0 bridgehead atoms. The number of hydrogen-bond donors (Lipinski definition) is 0. The van der Waals surface area contributed by atoms with Crippen molar-refractivity contribution in [1.29, 1.82) is 0 Å². The van der Waals surface area contributed by atoms with Gasteiger partial charge in [0.2, 0.25) is 0 Å². The lowest BCUT2D eigenvalue weighted by atomic mass is 10.2. The Bertz CT molecular complexity index is 522. The van der Waals surface area contributed by atoms with Gasteiger partial charge in [-0.3, -0.25) is 0 Å². The minimum Gasteiger partial charge on any atom is -0.327 e. The Morgan fingerprint density at radius 1 is 1.28 bits per heavy atom. The van der Waals surface area contributed by atoms with Crippen molar-refractivity contribution < 1.29 is 4.39 Å². The van der Waals surface area contributed by atoms with Gasteiger partial charge >= 0.3 is 0 Å². The van der Waals surface area contributed by atoms with Gasteiger partial charge in [-0.15, -0.1) is 11.6 Å². The van der Waals surface area contributed by atoms with Gasteiger partial charge in [0.1, 0.15) is 11.3 Å². The Labute approximate surface area is 112 Å². The van der Waals surface area contributed by atoms with Crippen LogP contribution in [0.1, 0.15) is 38.4 Å². The second kappa shape index (κ2) is 6.19. The molecule has 0 aliphatic carbocycles. The minimum absolute atomic E-state index is 0.272. The second-order valence-corrected chi connectivity index (χ2v) is 4.75. The van der Waals surface area contributed by atoms with E-state index >= 15 is 0 Å². The third kappa shape index (κ3) is 2.66. The van der Waals surface area contributed by atoms with E-state index in [-0.39, 0.29) is 5.82 Å². The van der Waals surface area contributed by atoms with Crippen LogP contribution in [0.2, 0.25) is 0 Å². The molecule has 18 heavy (non-hydrogen) atoms. The van der Waals surface area contributed by atoms with E-state index in [0.29, 0.717) is 11.4 Å². The van der Waals surface area contributed by atoms with E-state index in [9.17, 15) is 4.39 Å².